The van der Waals surface area contributed by atoms with Gasteiger partial charge in [-0.25, -0.2) is 0 Å². The third kappa shape index (κ3) is 2.88. The van der Waals surface area contributed by atoms with Crippen molar-refractivity contribution in [3.05, 3.63) is 36.4 Å². The molecule has 0 N–H and O–H groups in total. The van der Waals surface area contributed by atoms with Crippen LogP contribution in [0.4, 0.5) is 0 Å². The number of carbonyl (C=O) groups is 1. The van der Waals surface area contributed by atoms with Gasteiger partial charge in [-0.15, -0.1) is 11.7 Å². The number of rotatable bonds is 4. The van der Waals surface area contributed by atoms with Crippen molar-refractivity contribution in [1.29, 1.82) is 0 Å². The lowest BCUT2D eigenvalue weighted by Crippen LogP contribution is -2.39. The van der Waals surface area contributed by atoms with Crippen molar-refractivity contribution in [1.82, 2.24) is 25.2 Å². The molecule has 22 heavy (non-hydrogen) atoms. The summed E-state index contributed by atoms with van der Waals surface area (Å²) in [5, 5.41) is 12.0. The SMILES string of the molecule is C=CCN1C[C@@H](c2nc(-c3ccc(C)nn3)no2)CCC1=O. The summed E-state index contributed by atoms with van der Waals surface area (Å²) in [6.07, 6.45) is 2.93. The van der Waals surface area contributed by atoms with Crippen LogP contribution < -0.4 is 0 Å². The molecule has 1 amide bonds. The van der Waals surface area contributed by atoms with Crippen molar-refractivity contribution in [3.8, 4) is 11.5 Å². The monoisotopic (exact) mass is 299 g/mol. The molecular weight excluding hydrogens is 282 g/mol. The van der Waals surface area contributed by atoms with E-state index in [0.717, 1.165) is 5.69 Å². The van der Waals surface area contributed by atoms with Crippen LogP contribution in [0.5, 0.6) is 0 Å². The largest absolute Gasteiger partial charge is 0.339 e. The van der Waals surface area contributed by atoms with Gasteiger partial charge >= 0.3 is 0 Å². The van der Waals surface area contributed by atoms with Gasteiger partial charge in [-0.3, -0.25) is 4.79 Å². The first-order valence-corrected chi connectivity index (χ1v) is 7.20. The minimum absolute atomic E-state index is 0.0531. The summed E-state index contributed by atoms with van der Waals surface area (Å²) in [4.78, 5) is 18.0. The molecule has 1 atom stereocenters. The Morgan fingerprint density at radius 2 is 2.32 bits per heavy atom. The van der Waals surface area contributed by atoms with E-state index in [9.17, 15) is 4.79 Å². The first kappa shape index (κ1) is 14.4. The minimum Gasteiger partial charge on any atom is -0.339 e. The van der Waals surface area contributed by atoms with E-state index in [0.29, 0.717) is 43.3 Å². The summed E-state index contributed by atoms with van der Waals surface area (Å²) >= 11 is 0. The van der Waals surface area contributed by atoms with Crippen molar-refractivity contribution in [2.75, 3.05) is 13.1 Å². The Morgan fingerprint density at radius 1 is 1.45 bits per heavy atom. The van der Waals surface area contributed by atoms with E-state index in [-0.39, 0.29) is 11.8 Å². The van der Waals surface area contributed by atoms with Crippen molar-refractivity contribution in [2.24, 2.45) is 0 Å². The first-order chi connectivity index (χ1) is 10.7. The van der Waals surface area contributed by atoms with Gasteiger partial charge in [-0.05, 0) is 25.5 Å². The van der Waals surface area contributed by atoms with Crippen molar-refractivity contribution < 1.29 is 9.32 Å². The predicted octanol–water partition coefficient (Wildman–Crippen LogP) is 1.73. The van der Waals surface area contributed by atoms with E-state index in [2.05, 4.69) is 26.9 Å². The number of hydrogen-bond acceptors (Lipinski definition) is 6. The molecule has 2 aromatic heterocycles. The van der Waals surface area contributed by atoms with Crippen LogP contribution in [0.2, 0.25) is 0 Å². The molecule has 3 rings (SSSR count). The Balaban J connectivity index is 1.77. The summed E-state index contributed by atoms with van der Waals surface area (Å²) in [7, 11) is 0. The van der Waals surface area contributed by atoms with Gasteiger partial charge in [0.05, 0.1) is 11.6 Å². The lowest BCUT2D eigenvalue weighted by Gasteiger charge is -2.29. The Hall–Kier alpha value is -2.57. The zero-order valence-electron chi connectivity index (χ0n) is 12.4. The van der Waals surface area contributed by atoms with Crippen LogP contribution in [0.1, 0.15) is 30.3 Å². The average molecular weight is 299 g/mol. The van der Waals surface area contributed by atoms with Gasteiger partial charge in [-0.1, -0.05) is 11.2 Å². The summed E-state index contributed by atoms with van der Waals surface area (Å²) in [5.74, 6) is 1.16. The highest BCUT2D eigenvalue weighted by Gasteiger charge is 2.29. The highest BCUT2D eigenvalue weighted by atomic mass is 16.5. The Morgan fingerprint density at radius 3 is 3.05 bits per heavy atom. The smallest absolute Gasteiger partial charge is 0.231 e. The van der Waals surface area contributed by atoms with Gasteiger partial charge in [0.2, 0.25) is 17.6 Å². The molecule has 0 spiro atoms. The Labute approximate surface area is 128 Å². The highest BCUT2D eigenvalue weighted by molar-refractivity contribution is 5.77. The normalized spacial score (nSPS) is 18.5. The van der Waals surface area contributed by atoms with Gasteiger partial charge in [-0.2, -0.15) is 10.1 Å². The fourth-order valence-electron chi connectivity index (χ4n) is 2.47. The molecule has 1 aliphatic heterocycles. The van der Waals surface area contributed by atoms with Crippen LogP contribution in [0.3, 0.4) is 0 Å². The number of carbonyl (C=O) groups excluding carboxylic acids is 1. The quantitative estimate of drug-likeness (QED) is 0.799. The van der Waals surface area contributed by atoms with E-state index in [4.69, 9.17) is 4.52 Å². The number of aromatic nitrogens is 4. The third-order valence-corrected chi connectivity index (χ3v) is 3.67. The predicted molar refractivity (Wildman–Crippen MR) is 78.8 cm³/mol. The van der Waals surface area contributed by atoms with Gasteiger partial charge in [0, 0.05) is 19.5 Å². The lowest BCUT2D eigenvalue weighted by molar-refractivity contribution is -0.133. The van der Waals surface area contributed by atoms with E-state index in [1.165, 1.54) is 0 Å². The molecule has 7 nitrogen and oxygen atoms in total. The van der Waals surface area contributed by atoms with Crippen LogP contribution in [-0.4, -0.2) is 44.2 Å². The second-order valence-corrected chi connectivity index (χ2v) is 5.34. The molecule has 0 saturated carbocycles. The van der Waals surface area contributed by atoms with Crippen molar-refractivity contribution in [3.63, 3.8) is 0 Å². The molecule has 3 heterocycles. The third-order valence-electron chi connectivity index (χ3n) is 3.67. The molecule has 1 fully saturated rings. The summed E-state index contributed by atoms with van der Waals surface area (Å²) in [5.41, 5.74) is 1.41. The standard InChI is InChI=1S/C15H17N5O2/c1-3-8-20-9-11(5-7-13(20)21)15-16-14(19-22-15)12-6-4-10(2)17-18-12/h3-4,6,11H,1,5,7-9H2,2H3/t11-/m0/s1. The van der Waals surface area contributed by atoms with Gasteiger partial charge in [0.15, 0.2) is 0 Å². The fourth-order valence-corrected chi connectivity index (χ4v) is 2.47. The van der Waals surface area contributed by atoms with Crippen LogP contribution in [0.15, 0.2) is 29.3 Å². The van der Waals surface area contributed by atoms with Gasteiger partial charge < -0.3 is 9.42 Å². The maximum atomic E-state index is 11.8. The molecular formula is C15H17N5O2. The minimum atomic E-state index is 0.0531. The van der Waals surface area contributed by atoms with Crippen LogP contribution in [0, 0.1) is 6.92 Å². The number of amides is 1. The van der Waals surface area contributed by atoms with Crippen LogP contribution in [-0.2, 0) is 4.79 Å². The summed E-state index contributed by atoms with van der Waals surface area (Å²) in [6, 6.07) is 3.66. The topological polar surface area (TPSA) is 85.0 Å². The van der Waals surface area contributed by atoms with E-state index >= 15 is 0 Å². The highest BCUT2D eigenvalue weighted by Crippen LogP contribution is 2.27. The maximum absolute atomic E-state index is 11.8. The van der Waals surface area contributed by atoms with Crippen LogP contribution >= 0.6 is 0 Å². The number of hydrogen-bond donors (Lipinski definition) is 0. The Kier molecular flexibility index (Phi) is 3.95. The van der Waals surface area contributed by atoms with E-state index in [1.54, 1.807) is 11.0 Å². The van der Waals surface area contributed by atoms with Gasteiger partial charge in [0.25, 0.3) is 0 Å². The maximum Gasteiger partial charge on any atom is 0.231 e. The number of aryl methyl sites for hydroxylation is 1. The molecule has 0 radical (unpaired) electrons. The van der Waals surface area contributed by atoms with E-state index in [1.807, 2.05) is 19.1 Å². The molecule has 0 aromatic carbocycles. The number of likely N-dealkylation sites (tertiary alicyclic amines) is 1. The molecule has 114 valence electrons. The summed E-state index contributed by atoms with van der Waals surface area (Å²) < 4.78 is 5.36. The molecule has 7 heteroatoms. The molecule has 2 aromatic rings. The van der Waals surface area contributed by atoms with Crippen molar-refractivity contribution >= 4 is 5.91 Å². The fraction of sp³-hybridized carbons (Fsp3) is 0.400. The Bertz CT molecular complexity index is 679. The second kappa shape index (κ2) is 6.05. The zero-order chi connectivity index (χ0) is 15.5. The summed E-state index contributed by atoms with van der Waals surface area (Å²) in [6.45, 7) is 6.66. The zero-order valence-corrected chi connectivity index (χ0v) is 12.4. The average Bonchev–Trinajstić information content (AvgIpc) is 3.00. The molecule has 0 unspecified atom stereocenters. The number of piperidine rings is 1. The second-order valence-electron chi connectivity index (χ2n) is 5.34. The van der Waals surface area contributed by atoms with Gasteiger partial charge in [0.1, 0.15) is 5.69 Å². The lowest BCUT2D eigenvalue weighted by atomic mass is 9.97. The first-order valence-electron chi connectivity index (χ1n) is 7.20. The molecule has 1 aliphatic rings. The van der Waals surface area contributed by atoms with Crippen LogP contribution in [0.25, 0.3) is 11.5 Å². The molecule has 0 aliphatic carbocycles. The molecule has 1 saturated heterocycles. The number of nitrogens with zero attached hydrogens (tertiary/aromatic N) is 5. The molecule has 0 bridgehead atoms. The van der Waals surface area contributed by atoms with Crippen molar-refractivity contribution in [2.45, 2.75) is 25.7 Å². The van der Waals surface area contributed by atoms with E-state index < -0.39 is 0 Å².